The number of aromatic nitrogens is 1. The lowest BCUT2D eigenvalue weighted by molar-refractivity contribution is 0.0909. The number of amides is 1. The van der Waals surface area contributed by atoms with E-state index in [2.05, 4.69) is 10.3 Å². The molecule has 0 fully saturated rings. The van der Waals surface area contributed by atoms with Crippen LogP contribution in [-0.4, -0.2) is 28.6 Å². The first-order valence-electron chi connectivity index (χ1n) is 5.03. The summed E-state index contributed by atoms with van der Waals surface area (Å²) in [5.41, 5.74) is 1.19. The van der Waals surface area contributed by atoms with Gasteiger partial charge < -0.3 is 10.4 Å². The molecule has 1 rings (SSSR count). The van der Waals surface area contributed by atoms with Crippen LogP contribution in [0.25, 0.3) is 0 Å². The van der Waals surface area contributed by atoms with E-state index in [-0.39, 0.29) is 12.5 Å². The molecule has 0 aliphatic carbocycles. The van der Waals surface area contributed by atoms with Gasteiger partial charge in [-0.05, 0) is 25.5 Å². The normalized spacial score (nSPS) is 12.2. The van der Waals surface area contributed by atoms with Gasteiger partial charge >= 0.3 is 0 Å². The highest BCUT2D eigenvalue weighted by atomic mass is 16.3. The number of aryl methyl sites for hydroxylation is 1. The zero-order valence-corrected chi connectivity index (χ0v) is 9.03. The fourth-order valence-electron chi connectivity index (χ4n) is 1.11. The van der Waals surface area contributed by atoms with Crippen LogP contribution in [0.4, 0.5) is 0 Å². The third-order valence-corrected chi connectivity index (χ3v) is 2.09. The van der Waals surface area contributed by atoms with Crippen LogP contribution >= 0.6 is 0 Å². The van der Waals surface area contributed by atoms with E-state index in [4.69, 9.17) is 0 Å². The van der Waals surface area contributed by atoms with Crippen molar-refractivity contribution in [2.45, 2.75) is 26.4 Å². The Morgan fingerprint density at radius 3 is 2.93 bits per heavy atom. The van der Waals surface area contributed by atoms with Crippen molar-refractivity contribution in [1.82, 2.24) is 10.3 Å². The second kappa shape index (κ2) is 5.46. The minimum atomic E-state index is -0.487. The molecule has 0 aliphatic rings. The first-order valence-corrected chi connectivity index (χ1v) is 5.03. The van der Waals surface area contributed by atoms with Gasteiger partial charge in [0.1, 0.15) is 5.69 Å². The molecule has 1 unspecified atom stereocenters. The molecule has 1 aromatic rings. The number of carbonyl (C=O) groups is 1. The van der Waals surface area contributed by atoms with E-state index in [1.807, 2.05) is 19.9 Å². The van der Waals surface area contributed by atoms with Gasteiger partial charge in [-0.25, -0.2) is 4.98 Å². The second-order valence-corrected chi connectivity index (χ2v) is 3.44. The standard InChI is InChI=1S/C11H16N2O2/c1-3-9(14)7-12-11(15)10-6-4-5-8(2)13-10/h4-6,9,14H,3,7H2,1-2H3,(H,12,15). The van der Waals surface area contributed by atoms with Crippen molar-refractivity contribution in [1.29, 1.82) is 0 Å². The zero-order chi connectivity index (χ0) is 11.3. The molecule has 0 bridgehead atoms. The zero-order valence-electron chi connectivity index (χ0n) is 9.03. The third kappa shape index (κ3) is 3.67. The maximum Gasteiger partial charge on any atom is 0.269 e. The molecule has 1 atom stereocenters. The molecule has 15 heavy (non-hydrogen) atoms. The Bertz CT molecular complexity index is 339. The Morgan fingerprint density at radius 2 is 2.33 bits per heavy atom. The van der Waals surface area contributed by atoms with Crippen LogP contribution in [0.2, 0.25) is 0 Å². The lowest BCUT2D eigenvalue weighted by atomic mass is 10.2. The maximum atomic E-state index is 11.5. The van der Waals surface area contributed by atoms with Gasteiger partial charge in [-0.15, -0.1) is 0 Å². The summed E-state index contributed by atoms with van der Waals surface area (Å²) in [5, 5.41) is 11.9. The average molecular weight is 208 g/mol. The molecular weight excluding hydrogens is 192 g/mol. The predicted octanol–water partition coefficient (Wildman–Crippen LogP) is 0.891. The van der Waals surface area contributed by atoms with Crippen molar-refractivity contribution in [3.63, 3.8) is 0 Å². The van der Waals surface area contributed by atoms with Crippen molar-refractivity contribution in [3.8, 4) is 0 Å². The summed E-state index contributed by atoms with van der Waals surface area (Å²) in [7, 11) is 0. The van der Waals surface area contributed by atoms with Crippen molar-refractivity contribution in [3.05, 3.63) is 29.6 Å². The summed E-state index contributed by atoms with van der Waals surface area (Å²) in [6.45, 7) is 3.96. The van der Waals surface area contributed by atoms with E-state index in [1.54, 1.807) is 12.1 Å². The summed E-state index contributed by atoms with van der Waals surface area (Å²) in [4.78, 5) is 15.6. The summed E-state index contributed by atoms with van der Waals surface area (Å²) < 4.78 is 0. The molecule has 0 radical (unpaired) electrons. The number of hydrogen-bond donors (Lipinski definition) is 2. The first-order chi connectivity index (χ1) is 7.13. The maximum absolute atomic E-state index is 11.5. The Balaban J connectivity index is 2.54. The number of carbonyl (C=O) groups excluding carboxylic acids is 1. The summed E-state index contributed by atoms with van der Waals surface area (Å²) >= 11 is 0. The molecule has 4 nitrogen and oxygen atoms in total. The number of aliphatic hydroxyl groups is 1. The molecule has 0 saturated carbocycles. The fraction of sp³-hybridized carbons (Fsp3) is 0.455. The van der Waals surface area contributed by atoms with Crippen molar-refractivity contribution in [2.75, 3.05) is 6.54 Å². The monoisotopic (exact) mass is 208 g/mol. The van der Waals surface area contributed by atoms with Gasteiger partial charge in [-0.1, -0.05) is 13.0 Å². The summed E-state index contributed by atoms with van der Waals surface area (Å²) in [5.74, 6) is -0.244. The highest BCUT2D eigenvalue weighted by Gasteiger charge is 2.08. The number of nitrogens with one attached hydrogen (secondary N) is 1. The van der Waals surface area contributed by atoms with E-state index in [1.165, 1.54) is 0 Å². The van der Waals surface area contributed by atoms with Crippen LogP contribution in [0, 0.1) is 6.92 Å². The number of aliphatic hydroxyl groups excluding tert-OH is 1. The van der Waals surface area contributed by atoms with Crippen LogP contribution in [-0.2, 0) is 0 Å². The van der Waals surface area contributed by atoms with Crippen LogP contribution in [0.1, 0.15) is 29.5 Å². The molecule has 0 saturated heterocycles. The number of hydrogen-bond acceptors (Lipinski definition) is 3. The molecule has 1 heterocycles. The number of nitrogens with zero attached hydrogens (tertiary/aromatic N) is 1. The van der Waals surface area contributed by atoms with Crippen molar-refractivity contribution < 1.29 is 9.90 Å². The van der Waals surface area contributed by atoms with Gasteiger partial charge in [0, 0.05) is 12.2 Å². The molecule has 1 amide bonds. The largest absolute Gasteiger partial charge is 0.391 e. The molecular formula is C11H16N2O2. The molecule has 4 heteroatoms. The minimum absolute atomic E-state index is 0.244. The molecule has 2 N–H and O–H groups in total. The molecule has 0 aromatic carbocycles. The SMILES string of the molecule is CCC(O)CNC(=O)c1cccc(C)n1. The van der Waals surface area contributed by atoms with Gasteiger partial charge in [0.25, 0.3) is 5.91 Å². The Kier molecular flexibility index (Phi) is 4.24. The topological polar surface area (TPSA) is 62.2 Å². The highest BCUT2D eigenvalue weighted by molar-refractivity contribution is 5.92. The Hall–Kier alpha value is -1.42. The van der Waals surface area contributed by atoms with Gasteiger partial charge in [0.15, 0.2) is 0 Å². The fourth-order valence-corrected chi connectivity index (χ4v) is 1.11. The van der Waals surface area contributed by atoms with E-state index < -0.39 is 6.10 Å². The highest BCUT2D eigenvalue weighted by Crippen LogP contribution is 1.98. The van der Waals surface area contributed by atoms with E-state index in [9.17, 15) is 9.90 Å². The van der Waals surface area contributed by atoms with E-state index in [0.29, 0.717) is 12.1 Å². The van der Waals surface area contributed by atoms with Gasteiger partial charge in [-0.2, -0.15) is 0 Å². The smallest absolute Gasteiger partial charge is 0.269 e. The van der Waals surface area contributed by atoms with Crippen molar-refractivity contribution >= 4 is 5.91 Å². The second-order valence-electron chi connectivity index (χ2n) is 3.44. The van der Waals surface area contributed by atoms with Gasteiger partial charge in [0.2, 0.25) is 0 Å². The number of pyridine rings is 1. The predicted molar refractivity (Wildman–Crippen MR) is 57.6 cm³/mol. The third-order valence-electron chi connectivity index (χ3n) is 2.09. The number of rotatable bonds is 4. The van der Waals surface area contributed by atoms with Crippen molar-refractivity contribution in [2.24, 2.45) is 0 Å². The summed E-state index contributed by atoms with van der Waals surface area (Å²) in [6.07, 6.45) is 0.139. The van der Waals surface area contributed by atoms with E-state index >= 15 is 0 Å². The van der Waals surface area contributed by atoms with Gasteiger partial charge in [-0.3, -0.25) is 4.79 Å². The molecule has 0 spiro atoms. The van der Waals surface area contributed by atoms with Gasteiger partial charge in [0.05, 0.1) is 6.10 Å². The lowest BCUT2D eigenvalue weighted by Gasteiger charge is -2.09. The van der Waals surface area contributed by atoms with Crippen LogP contribution < -0.4 is 5.32 Å². The Labute approximate surface area is 89.3 Å². The lowest BCUT2D eigenvalue weighted by Crippen LogP contribution is -2.32. The molecule has 1 aromatic heterocycles. The molecule has 82 valence electrons. The Morgan fingerprint density at radius 1 is 1.60 bits per heavy atom. The van der Waals surface area contributed by atoms with E-state index in [0.717, 1.165) is 5.69 Å². The quantitative estimate of drug-likeness (QED) is 0.772. The van der Waals surface area contributed by atoms with Crippen LogP contribution in [0.5, 0.6) is 0 Å². The summed E-state index contributed by atoms with van der Waals surface area (Å²) in [6, 6.07) is 5.27. The minimum Gasteiger partial charge on any atom is -0.391 e. The first kappa shape index (κ1) is 11.7. The van der Waals surface area contributed by atoms with Crippen LogP contribution in [0.15, 0.2) is 18.2 Å². The molecule has 0 aliphatic heterocycles. The van der Waals surface area contributed by atoms with Crippen LogP contribution in [0.3, 0.4) is 0 Å². The average Bonchev–Trinajstić information content (AvgIpc) is 2.25.